The lowest BCUT2D eigenvalue weighted by molar-refractivity contribution is 0.0205. The van der Waals surface area contributed by atoms with Crippen LogP contribution in [0, 0.1) is 0 Å². The number of hydrogen-bond acceptors (Lipinski definition) is 3. The van der Waals surface area contributed by atoms with Crippen molar-refractivity contribution in [2.24, 2.45) is 0 Å². The van der Waals surface area contributed by atoms with E-state index in [0.717, 1.165) is 23.7 Å². The Kier molecular flexibility index (Phi) is 4.35. The Labute approximate surface area is 141 Å². The van der Waals surface area contributed by atoms with Gasteiger partial charge in [-0.25, -0.2) is 4.79 Å². The third-order valence-corrected chi connectivity index (χ3v) is 4.37. The number of pyridine rings is 1. The number of carbonyl (C=O) groups excluding carboxylic acids is 1. The largest absolute Gasteiger partial charge is 0.444 e. The molecule has 5 nitrogen and oxygen atoms in total. The highest BCUT2D eigenvalue weighted by atomic mass is 16.6. The first kappa shape index (κ1) is 16.6. The summed E-state index contributed by atoms with van der Waals surface area (Å²) in [4.78, 5) is 28.3. The smallest absolute Gasteiger partial charge is 0.410 e. The quantitative estimate of drug-likeness (QED) is 0.869. The second-order valence-corrected chi connectivity index (χ2v) is 7.41. The lowest BCUT2D eigenvalue weighted by Gasteiger charge is -2.33. The summed E-state index contributed by atoms with van der Waals surface area (Å²) < 4.78 is 5.44. The topological polar surface area (TPSA) is 62.4 Å². The van der Waals surface area contributed by atoms with E-state index in [9.17, 15) is 9.59 Å². The Morgan fingerprint density at radius 2 is 1.83 bits per heavy atom. The molecule has 0 radical (unpaired) electrons. The van der Waals surface area contributed by atoms with Crippen molar-refractivity contribution in [2.75, 3.05) is 13.1 Å². The molecule has 5 heteroatoms. The van der Waals surface area contributed by atoms with Gasteiger partial charge in [0, 0.05) is 24.7 Å². The number of hydrogen-bond donors (Lipinski definition) is 1. The van der Waals surface area contributed by atoms with Crippen LogP contribution in [0.4, 0.5) is 4.79 Å². The first-order valence-corrected chi connectivity index (χ1v) is 8.43. The molecule has 1 fully saturated rings. The van der Waals surface area contributed by atoms with Crippen molar-refractivity contribution >= 4 is 17.0 Å². The third kappa shape index (κ3) is 3.78. The molecule has 1 aromatic heterocycles. The number of aromatic nitrogens is 1. The summed E-state index contributed by atoms with van der Waals surface area (Å²) in [5, 5.41) is 1.03. The molecule has 0 aliphatic carbocycles. The molecule has 2 aromatic rings. The van der Waals surface area contributed by atoms with Crippen LogP contribution in [0.5, 0.6) is 0 Å². The maximum Gasteiger partial charge on any atom is 0.410 e. The molecule has 1 aliphatic heterocycles. The van der Waals surface area contributed by atoms with E-state index in [1.165, 1.54) is 5.56 Å². The lowest BCUT2D eigenvalue weighted by Crippen LogP contribution is -2.41. The van der Waals surface area contributed by atoms with E-state index < -0.39 is 5.60 Å². The summed E-state index contributed by atoms with van der Waals surface area (Å²) in [5.41, 5.74) is 1.54. The van der Waals surface area contributed by atoms with Crippen LogP contribution in [0.15, 0.2) is 35.1 Å². The molecule has 0 unspecified atom stereocenters. The van der Waals surface area contributed by atoms with Crippen molar-refractivity contribution in [3.8, 4) is 0 Å². The molecule has 1 aromatic carbocycles. The average Bonchev–Trinajstić information content (AvgIpc) is 2.52. The van der Waals surface area contributed by atoms with Crippen LogP contribution in [0.25, 0.3) is 10.9 Å². The highest BCUT2D eigenvalue weighted by Crippen LogP contribution is 2.30. The third-order valence-electron chi connectivity index (χ3n) is 4.37. The standard InChI is InChI=1S/C19H24N2O3/c1-19(2,3)24-18(23)21-10-8-13(9-11-21)15-5-4-14-6-7-17(22)20-16(14)12-15/h4-7,12-13H,8-11H2,1-3H3,(H,20,22). The monoisotopic (exact) mass is 328 g/mol. The maximum atomic E-state index is 12.1. The Balaban J connectivity index is 1.68. The number of ether oxygens (including phenoxy) is 1. The van der Waals surface area contributed by atoms with E-state index in [1.807, 2.05) is 32.9 Å². The average molecular weight is 328 g/mol. The molecule has 128 valence electrons. The van der Waals surface area contributed by atoms with Gasteiger partial charge in [-0.2, -0.15) is 0 Å². The summed E-state index contributed by atoms with van der Waals surface area (Å²) >= 11 is 0. The van der Waals surface area contributed by atoms with Gasteiger partial charge in [0.15, 0.2) is 0 Å². The van der Waals surface area contributed by atoms with Crippen molar-refractivity contribution in [1.82, 2.24) is 9.88 Å². The molecule has 0 spiro atoms. The normalized spacial score (nSPS) is 16.4. The van der Waals surface area contributed by atoms with Crippen LogP contribution < -0.4 is 5.56 Å². The minimum atomic E-state index is -0.460. The molecule has 0 bridgehead atoms. The van der Waals surface area contributed by atoms with E-state index >= 15 is 0 Å². The second kappa shape index (κ2) is 6.30. The highest BCUT2D eigenvalue weighted by molar-refractivity contribution is 5.79. The van der Waals surface area contributed by atoms with Gasteiger partial charge in [-0.1, -0.05) is 12.1 Å². The van der Waals surface area contributed by atoms with Crippen LogP contribution in [0.1, 0.15) is 45.1 Å². The first-order valence-electron chi connectivity index (χ1n) is 8.43. The molecule has 0 atom stereocenters. The predicted molar refractivity (Wildman–Crippen MR) is 94.4 cm³/mol. The summed E-state index contributed by atoms with van der Waals surface area (Å²) in [6, 6.07) is 9.60. The Hall–Kier alpha value is -2.30. The number of aromatic amines is 1. The number of carbonyl (C=O) groups is 1. The number of likely N-dealkylation sites (tertiary alicyclic amines) is 1. The van der Waals surface area contributed by atoms with E-state index in [4.69, 9.17) is 4.74 Å². The van der Waals surface area contributed by atoms with Gasteiger partial charge in [-0.3, -0.25) is 4.79 Å². The number of H-pyrrole nitrogens is 1. The molecule has 3 rings (SSSR count). The van der Waals surface area contributed by atoms with Gasteiger partial charge in [0.25, 0.3) is 0 Å². The van der Waals surface area contributed by atoms with Crippen LogP contribution >= 0.6 is 0 Å². The van der Waals surface area contributed by atoms with E-state index in [-0.39, 0.29) is 11.7 Å². The van der Waals surface area contributed by atoms with Crippen LogP contribution in [0.2, 0.25) is 0 Å². The molecule has 1 aliphatic rings. The van der Waals surface area contributed by atoms with E-state index in [2.05, 4.69) is 17.1 Å². The molecule has 1 N–H and O–H groups in total. The second-order valence-electron chi connectivity index (χ2n) is 7.41. The van der Waals surface area contributed by atoms with E-state index in [0.29, 0.717) is 19.0 Å². The van der Waals surface area contributed by atoms with Crippen molar-refractivity contribution < 1.29 is 9.53 Å². The summed E-state index contributed by atoms with van der Waals surface area (Å²) in [6.07, 6.45) is 1.58. The predicted octanol–water partition coefficient (Wildman–Crippen LogP) is 3.64. The van der Waals surface area contributed by atoms with Crippen LogP contribution in [0.3, 0.4) is 0 Å². The molecule has 1 amide bonds. The summed E-state index contributed by atoms with van der Waals surface area (Å²) in [6.45, 7) is 7.04. The van der Waals surface area contributed by atoms with Gasteiger partial charge in [-0.05, 0) is 62.6 Å². The fourth-order valence-corrected chi connectivity index (χ4v) is 3.14. The zero-order chi connectivity index (χ0) is 17.3. The van der Waals surface area contributed by atoms with Gasteiger partial charge in [-0.15, -0.1) is 0 Å². The molecule has 1 saturated heterocycles. The minimum Gasteiger partial charge on any atom is -0.444 e. The SMILES string of the molecule is CC(C)(C)OC(=O)N1CCC(c2ccc3ccc(=O)[nH]c3c2)CC1. The molecular formula is C19H24N2O3. The Morgan fingerprint density at radius 3 is 2.50 bits per heavy atom. The number of benzene rings is 1. The zero-order valence-corrected chi connectivity index (χ0v) is 14.5. The van der Waals surface area contributed by atoms with Crippen molar-refractivity contribution in [3.05, 3.63) is 46.2 Å². The van der Waals surface area contributed by atoms with Crippen molar-refractivity contribution in [2.45, 2.75) is 45.1 Å². The highest BCUT2D eigenvalue weighted by Gasteiger charge is 2.27. The van der Waals surface area contributed by atoms with Crippen molar-refractivity contribution in [1.29, 1.82) is 0 Å². The number of rotatable bonds is 1. The molecule has 2 heterocycles. The fourth-order valence-electron chi connectivity index (χ4n) is 3.14. The van der Waals surface area contributed by atoms with Crippen molar-refractivity contribution in [3.63, 3.8) is 0 Å². The number of amides is 1. The van der Waals surface area contributed by atoms with E-state index in [1.54, 1.807) is 11.0 Å². The van der Waals surface area contributed by atoms with Gasteiger partial charge >= 0.3 is 6.09 Å². The first-order chi connectivity index (χ1) is 11.3. The van der Waals surface area contributed by atoms with Gasteiger partial charge in [0.2, 0.25) is 5.56 Å². The Morgan fingerprint density at radius 1 is 1.17 bits per heavy atom. The lowest BCUT2D eigenvalue weighted by atomic mass is 9.89. The molecular weight excluding hydrogens is 304 g/mol. The number of piperidine rings is 1. The van der Waals surface area contributed by atoms with Crippen LogP contribution in [-0.2, 0) is 4.74 Å². The number of nitrogens with one attached hydrogen (secondary N) is 1. The van der Waals surface area contributed by atoms with Gasteiger partial charge < -0.3 is 14.6 Å². The van der Waals surface area contributed by atoms with Gasteiger partial charge in [0.05, 0.1) is 0 Å². The minimum absolute atomic E-state index is 0.0839. The molecule has 0 saturated carbocycles. The fraction of sp³-hybridized carbons (Fsp3) is 0.474. The summed E-state index contributed by atoms with van der Waals surface area (Å²) in [7, 11) is 0. The molecule has 24 heavy (non-hydrogen) atoms. The van der Waals surface area contributed by atoms with Crippen LogP contribution in [-0.4, -0.2) is 34.7 Å². The van der Waals surface area contributed by atoms with Gasteiger partial charge in [0.1, 0.15) is 5.60 Å². The summed E-state index contributed by atoms with van der Waals surface area (Å²) in [5.74, 6) is 0.400. The Bertz CT molecular complexity index is 796. The number of fused-ring (bicyclic) bond motifs is 1. The number of nitrogens with zero attached hydrogens (tertiary/aromatic N) is 1. The zero-order valence-electron chi connectivity index (χ0n) is 14.5. The maximum absolute atomic E-state index is 12.1.